The Morgan fingerprint density at radius 1 is 1.03 bits per heavy atom. The molecule has 0 spiro atoms. The fourth-order valence-electron chi connectivity index (χ4n) is 3.19. The number of benzene rings is 1. The van der Waals surface area contributed by atoms with Crippen LogP contribution in [0.4, 0.5) is 5.69 Å². The Labute approximate surface area is 175 Å². The predicted octanol–water partition coefficient (Wildman–Crippen LogP) is 3.03. The minimum Gasteiger partial charge on any atom is -0.452 e. The summed E-state index contributed by atoms with van der Waals surface area (Å²) in [7, 11) is 1.84. The molecule has 0 bridgehead atoms. The second kappa shape index (κ2) is 8.77. The Morgan fingerprint density at radius 2 is 1.73 bits per heavy atom. The van der Waals surface area contributed by atoms with E-state index in [9.17, 15) is 9.59 Å². The first-order valence-electron chi connectivity index (χ1n) is 9.54. The molecule has 1 N–H and O–H groups in total. The van der Waals surface area contributed by atoms with Crippen molar-refractivity contribution in [2.45, 2.75) is 27.7 Å². The maximum Gasteiger partial charge on any atom is 0.331 e. The topological polar surface area (TPSA) is 91.0 Å². The molecule has 0 aliphatic carbocycles. The molecular weight excluding hydrogens is 382 g/mol. The van der Waals surface area contributed by atoms with Crippen molar-refractivity contribution in [1.82, 2.24) is 19.6 Å². The molecule has 0 unspecified atom stereocenters. The van der Waals surface area contributed by atoms with Crippen LogP contribution in [0.5, 0.6) is 0 Å². The normalized spacial score (nSPS) is 11.1. The van der Waals surface area contributed by atoms with Gasteiger partial charge in [0.05, 0.1) is 28.5 Å². The van der Waals surface area contributed by atoms with E-state index in [1.807, 2.05) is 65.1 Å². The summed E-state index contributed by atoms with van der Waals surface area (Å²) in [5.41, 5.74) is 5.60. The fourth-order valence-corrected chi connectivity index (χ4v) is 3.19. The lowest BCUT2D eigenvalue weighted by atomic mass is 10.2. The Kier molecular flexibility index (Phi) is 6.15. The van der Waals surface area contributed by atoms with Gasteiger partial charge in [0.2, 0.25) is 0 Å². The Balaban J connectivity index is 1.60. The van der Waals surface area contributed by atoms with Crippen LogP contribution in [0.2, 0.25) is 0 Å². The van der Waals surface area contributed by atoms with Gasteiger partial charge in [-0.15, -0.1) is 0 Å². The number of hydrogen-bond acceptors (Lipinski definition) is 5. The van der Waals surface area contributed by atoms with Gasteiger partial charge in [0.1, 0.15) is 0 Å². The van der Waals surface area contributed by atoms with E-state index in [1.165, 1.54) is 6.08 Å². The second-order valence-electron chi connectivity index (χ2n) is 6.99. The highest BCUT2D eigenvalue weighted by Crippen LogP contribution is 2.22. The molecular formula is C22H25N5O3. The van der Waals surface area contributed by atoms with Crippen LogP contribution in [0.15, 0.2) is 36.4 Å². The average Bonchev–Trinajstić information content (AvgIpc) is 3.14. The van der Waals surface area contributed by atoms with Gasteiger partial charge in [-0.25, -0.2) is 9.48 Å². The van der Waals surface area contributed by atoms with Crippen LogP contribution in [0.1, 0.15) is 28.3 Å². The highest BCUT2D eigenvalue weighted by molar-refractivity contribution is 5.95. The monoisotopic (exact) mass is 407 g/mol. The molecule has 30 heavy (non-hydrogen) atoms. The van der Waals surface area contributed by atoms with Gasteiger partial charge < -0.3 is 10.1 Å². The summed E-state index contributed by atoms with van der Waals surface area (Å²) in [5, 5.41) is 11.6. The zero-order chi connectivity index (χ0) is 21.8. The van der Waals surface area contributed by atoms with Crippen LogP contribution >= 0.6 is 0 Å². The van der Waals surface area contributed by atoms with Crippen LogP contribution in [0, 0.1) is 27.7 Å². The molecule has 0 aliphatic rings. The summed E-state index contributed by atoms with van der Waals surface area (Å²) in [6, 6.07) is 9.64. The Hall–Kier alpha value is -3.68. The smallest absolute Gasteiger partial charge is 0.331 e. The molecule has 2 aromatic heterocycles. The number of esters is 1. The molecule has 0 radical (unpaired) electrons. The molecule has 3 rings (SSSR count). The lowest BCUT2D eigenvalue weighted by Gasteiger charge is -2.07. The van der Waals surface area contributed by atoms with Crippen molar-refractivity contribution in [2.75, 3.05) is 11.9 Å². The predicted molar refractivity (Wildman–Crippen MR) is 114 cm³/mol. The van der Waals surface area contributed by atoms with E-state index in [1.54, 1.807) is 15.4 Å². The number of hydrogen-bond donors (Lipinski definition) is 1. The van der Waals surface area contributed by atoms with Gasteiger partial charge in [-0.3, -0.25) is 9.48 Å². The summed E-state index contributed by atoms with van der Waals surface area (Å²) in [4.78, 5) is 24.3. The number of aromatic nitrogens is 4. The van der Waals surface area contributed by atoms with Crippen LogP contribution in [-0.4, -0.2) is 38.0 Å². The van der Waals surface area contributed by atoms with Gasteiger partial charge in [-0.05, 0) is 45.9 Å². The SMILES string of the molecule is Cc1nn(C)c(C)c1/C=C/C(=O)OCC(=O)Nc1c(C)nn(-c2ccccc2)c1C. The number of carbonyl (C=O) groups is 2. The molecule has 0 fully saturated rings. The number of carbonyl (C=O) groups excluding carboxylic acids is 2. The van der Waals surface area contributed by atoms with Crippen molar-refractivity contribution in [3.8, 4) is 5.69 Å². The lowest BCUT2D eigenvalue weighted by Crippen LogP contribution is -2.20. The first-order valence-corrected chi connectivity index (χ1v) is 9.54. The summed E-state index contributed by atoms with van der Waals surface area (Å²) in [6.07, 6.45) is 2.95. The third-order valence-electron chi connectivity index (χ3n) is 4.85. The van der Waals surface area contributed by atoms with Crippen molar-refractivity contribution in [3.63, 3.8) is 0 Å². The highest BCUT2D eigenvalue weighted by atomic mass is 16.5. The Bertz CT molecular complexity index is 1110. The van der Waals surface area contributed by atoms with Gasteiger partial charge in [0.15, 0.2) is 6.61 Å². The van der Waals surface area contributed by atoms with E-state index in [0.29, 0.717) is 11.4 Å². The molecule has 1 amide bonds. The third kappa shape index (κ3) is 4.48. The van der Waals surface area contributed by atoms with E-state index < -0.39 is 11.9 Å². The van der Waals surface area contributed by atoms with Gasteiger partial charge in [0, 0.05) is 24.4 Å². The number of para-hydroxylation sites is 1. The van der Waals surface area contributed by atoms with Crippen molar-refractivity contribution < 1.29 is 14.3 Å². The van der Waals surface area contributed by atoms with Crippen molar-refractivity contribution in [3.05, 3.63) is 64.7 Å². The van der Waals surface area contributed by atoms with E-state index in [0.717, 1.165) is 28.3 Å². The molecule has 1 aromatic carbocycles. The van der Waals surface area contributed by atoms with Gasteiger partial charge in [-0.2, -0.15) is 10.2 Å². The number of amides is 1. The number of nitrogens with one attached hydrogen (secondary N) is 1. The number of anilines is 1. The van der Waals surface area contributed by atoms with Crippen molar-refractivity contribution in [2.24, 2.45) is 7.05 Å². The van der Waals surface area contributed by atoms with E-state index in [2.05, 4.69) is 15.5 Å². The van der Waals surface area contributed by atoms with Crippen LogP contribution in [0.3, 0.4) is 0 Å². The minimum absolute atomic E-state index is 0.385. The standard InChI is InChI=1S/C22H25N5O3/c1-14-19(16(3)26(5)24-14)11-12-21(29)30-13-20(28)23-22-15(2)25-27(17(22)4)18-9-7-6-8-10-18/h6-12H,13H2,1-5H3,(H,23,28)/b12-11+. The summed E-state index contributed by atoms with van der Waals surface area (Å²) in [6.45, 7) is 7.08. The first kappa shape index (κ1) is 21.0. The molecule has 2 heterocycles. The maximum absolute atomic E-state index is 12.3. The zero-order valence-corrected chi connectivity index (χ0v) is 17.8. The summed E-state index contributed by atoms with van der Waals surface area (Å²) in [5.74, 6) is -1.02. The second-order valence-corrected chi connectivity index (χ2v) is 6.99. The van der Waals surface area contributed by atoms with E-state index in [4.69, 9.17) is 4.74 Å². The molecule has 3 aromatic rings. The highest BCUT2D eigenvalue weighted by Gasteiger charge is 2.16. The number of nitrogens with zero attached hydrogens (tertiary/aromatic N) is 4. The average molecular weight is 407 g/mol. The molecule has 0 aliphatic heterocycles. The summed E-state index contributed by atoms with van der Waals surface area (Å²) < 4.78 is 8.57. The number of ether oxygens (including phenoxy) is 1. The lowest BCUT2D eigenvalue weighted by molar-refractivity contribution is -0.142. The largest absolute Gasteiger partial charge is 0.452 e. The fraction of sp³-hybridized carbons (Fsp3) is 0.273. The van der Waals surface area contributed by atoms with Crippen molar-refractivity contribution in [1.29, 1.82) is 0 Å². The quantitative estimate of drug-likeness (QED) is 0.501. The molecule has 0 atom stereocenters. The van der Waals surface area contributed by atoms with Gasteiger partial charge in [-0.1, -0.05) is 18.2 Å². The van der Waals surface area contributed by atoms with Gasteiger partial charge in [0.25, 0.3) is 5.91 Å². The van der Waals surface area contributed by atoms with Crippen LogP contribution in [-0.2, 0) is 21.4 Å². The molecule has 8 nitrogen and oxygen atoms in total. The maximum atomic E-state index is 12.3. The molecule has 8 heteroatoms. The zero-order valence-electron chi connectivity index (χ0n) is 17.8. The third-order valence-corrected chi connectivity index (χ3v) is 4.85. The summed E-state index contributed by atoms with van der Waals surface area (Å²) >= 11 is 0. The van der Waals surface area contributed by atoms with Gasteiger partial charge >= 0.3 is 5.97 Å². The minimum atomic E-state index is -0.596. The van der Waals surface area contributed by atoms with Crippen molar-refractivity contribution >= 4 is 23.6 Å². The number of aryl methyl sites for hydroxylation is 3. The van der Waals surface area contributed by atoms with Crippen LogP contribution < -0.4 is 5.32 Å². The van der Waals surface area contributed by atoms with E-state index in [-0.39, 0.29) is 6.61 Å². The first-order chi connectivity index (χ1) is 14.3. The molecule has 0 saturated carbocycles. The van der Waals surface area contributed by atoms with E-state index >= 15 is 0 Å². The Morgan fingerprint density at radius 3 is 2.37 bits per heavy atom. The van der Waals surface area contributed by atoms with Crippen LogP contribution in [0.25, 0.3) is 11.8 Å². The number of rotatable bonds is 6. The molecule has 156 valence electrons. The molecule has 0 saturated heterocycles.